The van der Waals surface area contributed by atoms with Crippen LogP contribution in [-0.4, -0.2) is 43.0 Å². The second kappa shape index (κ2) is 10.1. The molecule has 0 aliphatic rings. The van der Waals surface area contributed by atoms with Crippen LogP contribution in [-0.2, 0) is 22.5 Å². The first-order chi connectivity index (χ1) is 14.1. The van der Waals surface area contributed by atoms with Crippen LogP contribution < -0.4 is 10.1 Å². The Hall–Kier alpha value is -3.14. The Morgan fingerprint density at radius 3 is 2.30 bits per heavy atom. The summed E-state index contributed by atoms with van der Waals surface area (Å²) in [5.41, 5.74) is 0.987. The van der Waals surface area contributed by atoms with E-state index in [0.717, 1.165) is 0 Å². The molecule has 0 saturated carbocycles. The number of nitrogens with one attached hydrogen (secondary N) is 1. The number of aliphatic carboxylic acids is 1. The van der Waals surface area contributed by atoms with Crippen molar-refractivity contribution in [1.29, 1.82) is 0 Å². The number of alkyl halides is 3. The predicted octanol–water partition coefficient (Wildman–Crippen LogP) is 3.34. The van der Waals surface area contributed by atoms with Crippen LogP contribution in [0, 0.1) is 5.82 Å². The molecule has 10 heteroatoms. The van der Waals surface area contributed by atoms with Crippen LogP contribution in [0.4, 0.5) is 17.6 Å². The lowest BCUT2D eigenvalue weighted by molar-refractivity contribution is -0.192. The zero-order valence-corrected chi connectivity index (χ0v) is 15.8. The Balaban J connectivity index is 2.13. The predicted molar refractivity (Wildman–Crippen MR) is 97.7 cm³/mol. The van der Waals surface area contributed by atoms with Crippen molar-refractivity contribution in [3.05, 3.63) is 65.0 Å². The molecule has 0 radical (unpaired) electrons. The number of methoxy groups -OCH3 is 1. The summed E-state index contributed by atoms with van der Waals surface area (Å²) in [6, 6.07) is 9.65. The van der Waals surface area contributed by atoms with E-state index in [0.29, 0.717) is 5.56 Å². The SMILES string of the molecule is COc1ccc(CC(OCC(F)(F)F)C(=O)O)cc1C(=O)NCc1ccc(F)cc1. The minimum absolute atomic E-state index is 0.0667. The first-order valence-corrected chi connectivity index (χ1v) is 8.70. The molecule has 162 valence electrons. The van der Waals surface area contributed by atoms with E-state index < -0.39 is 36.6 Å². The number of amides is 1. The number of carboxylic acid groups (broad SMARTS) is 1. The number of halogens is 4. The topological polar surface area (TPSA) is 84.9 Å². The van der Waals surface area contributed by atoms with Gasteiger partial charge in [-0.1, -0.05) is 18.2 Å². The highest BCUT2D eigenvalue weighted by molar-refractivity contribution is 5.97. The smallest absolute Gasteiger partial charge is 0.411 e. The molecule has 0 aliphatic heterocycles. The van der Waals surface area contributed by atoms with Crippen LogP contribution in [0.25, 0.3) is 0 Å². The Kier molecular flexibility index (Phi) is 7.76. The molecule has 2 aromatic carbocycles. The van der Waals surface area contributed by atoms with E-state index in [2.05, 4.69) is 10.1 Å². The number of benzene rings is 2. The van der Waals surface area contributed by atoms with Gasteiger partial charge in [0.15, 0.2) is 6.10 Å². The fourth-order valence-electron chi connectivity index (χ4n) is 2.57. The summed E-state index contributed by atoms with van der Waals surface area (Å²) in [7, 11) is 1.33. The van der Waals surface area contributed by atoms with E-state index >= 15 is 0 Å². The van der Waals surface area contributed by atoms with Crippen molar-refractivity contribution in [2.45, 2.75) is 25.2 Å². The third kappa shape index (κ3) is 7.03. The minimum atomic E-state index is -4.67. The van der Waals surface area contributed by atoms with Gasteiger partial charge in [-0.3, -0.25) is 4.79 Å². The van der Waals surface area contributed by atoms with Gasteiger partial charge < -0.3 is 19.9 Å². The van der Waals surface area contributed by atoms with Gasteiger partial charge in [-0.2, -0.15) is 13.2 Å². The van der Waals surface area contributed by atoms with Crippen LogP contribution in [0.15, 0.2) is 42.5 Å². The van der Waals surface area contributed by atoms with E-state index in [1.54, 1.807) is 0 Å². The molecule has 0 fully saturated rings. The summed E-state index contributed by atoms with van der Waals surface area (Å²) in [6.45, 7) is -1.61. The van der Waals surface area contributed by atoms with Crippen LogP contribution >= 0.6 is 0 Å². The molecule has 6 nitrogen and oxygen atoms in total. The molecule has 2 N–H and O–H groups in total. The van der Waals surface area contributed by atoms with Crippen molar-refractivity contribution >= 4 is 11.9 Å². The van der Waals surface area contributed by atoms with E-state index in [9.17, 15) is 27.2 Å². The summed E-state index contributed by atoms with van der Waals surface area (Å²) in [6.07, 6.45) is -6.79. The van der Waals surface area contributed by atoms with Gasteiger partial charge >= 0.3 is 12.1 Å². The zero-order chi connectivity index (χ0) is 22.3. The van der Waals surface area contributed by atoms with Crippen molar-refractivity contribution in [1.82, 2.24) is 5.32 Å². The van der Waals surface area contributed by atoms with Crippen LogP contribution in [0.2, 0.25) is 0 Å². The van der Waals surface area contributed by atoms with Gasteiger partial charge in [0.2, 0.25) is 0 Å². The number of hydrogen-bond acceptors (Lipinski definition) is 4. The molecular weight excluding hydrogens is 410 g/mol. The Morgan fingerprint density at radius 2 is 1.73 bits per heavy atom. The number of ether oxygens (including phenoxy) is 2. The fraction of sp³-hybridized carbons (Fsp3) is 0.300. The van der Waals surface area contributed by atoms with E-state index in [-0.39, 0.29) is 29.8 Å². The third-order valence-electron chi connectivity index (χ3n) is 4.02. The fourth-order valence-corrected chi connectivity index (χ4v) is 2.57. The Labute approximate surface area is 169 Å². The van der Waals surface area contributed by atoms with Gasteiger partial charge in [0, 0.05) is 13.0 Å². The summed E-state index contributed by atoms with van der Waals surface area (Å²) in [5.74, 6) is -2.34. The highest BCUT2D eigenvalue weighted by Gasteiger charge is 2.31. The average Bonchev–Trinajstić information content (AvgIpc) is 2.69. The summed E-state index contributed by atoms with van der Waals surface area (Å²) >= 11 is 0. The highest BCUT2D eigenvalue weighted by atomic mass is 19.4. The molecule has 2 aromatic rings. The Morgan fingerprint density at radius 1 is 1.10 bits per heavy atom. The van der Waals surface area contributed by atoms with Crippen molar-refractivity contribution in [3.63, 3.8) is 0 Å². The molecule has 1 atom stereocenters. The molecule has 0 spiro atoms. The maximum Gasteiger partial charge on any atom is 0.411 e. The maximum absolute atomic E-state index is 13.0. The van der Waals surface area contributed by atoms with E-state index in [1.807, 2.05) is 0 Å². The molecule has 0 saturated heterocycles. The van der Waals surface area contributed by atoms with E-state index in [4.69, 9.17) is 9.84 Å². The second-order valence-corrected chi connectivity index (χ2v) is 6.30. The number of carbonyl (C=O) groups excluding carboxylic acids is 1. The van der Waals surface area contributed by atoms with Crippen LogP contribution in [0.1, 0.15) is 21.5 Å². The largest absolute Gasteiger partial charge is 0.496 e. The van der Waals surface area contributed by atoms with Crippen LogP contribution in [0.3, 0.4) is 0 Å². The van der Waals surface area contributed by atoms with Crippen molar-refractivity contribution in [2.75, 3.05) is 13.7 Å². The molecule has 0 aromatic heterocycles. The molecule has 0 bridgehead atoms. The molecule has 1 unspecified atom stereocenters. The first-order valence-electron chi connectivity index (χ1n) is 8.70. The van der Waals surface area contributed by atoms with Gasteiger partial charge in [0.1, 0.15) is 18.2 Å². The zero-order valence-electron chi connectivity index (χ0n) is 15.8. The molecule has 0 heterocycles. The van der Waals surface area contributed by atoms with Gasteiger partial charge in [0.25, 0.3) is 5.91 Å². The summed E-state index contributed by atoms with van der Waals surface area (Å²) in [4.78, 5) is 23.8. The second-order valence-electron chi connectivity index (χ2n) is 6.30. The molecule has 30 heavy (non-hydrogen) atoms. The number of carbonyl (C=O) groups is 2. The normalized spacial score (nSPS) is 12.3. The summed E-state index contributed by atoms with van der Waals surface area (Å²) in [5, 5.41) is 11.7. The van der Waals surface area contributed by atoms with Crippen molar-refractivity contribution in [3.8, 4) is 5.75 Å². The minimum Gasteiger partial charge on any atom is -0.496 e. The number of hydrogen-bond donors (Lipinski definition) is 2. The van der Waals surface area contributed by atoms with Crippen molar-refractivity contribution in [2.24, 2.45) is 0 Å². The Bertz CT molecular complexity index is 884. The average molecular weight is 429 g/mol. The molecular formula is C20H19F4NO5. The van der Waals surface area contributed by atoms with Gasteiger partial charge in [-0.15, -0.1) is 0 Å². The monoisotopic (exact) mass is 429 g/mol. The molecule has 1 amide bonds. The lowest BCUT2D eigenvalue weighted by Crippen LogP contribution is -2.31. The van der Waals surface area contributed by atoms with E-state index in [1.165, 1.54) is 49.6 Å². The van der Waals surface area contributed by atoms with Gasteiger partial charge in [-0.25, -0.2) is 9.18 Å². The number of rotatable bonds is 9. The third-order valence-corrected chi connectivity index (χ3v) is 4.02. The maximum atomic E-state index is 13.0. The summed E-state index contributed by atoms with van der Waals surface area (Å²) < 4.78 is 59.5. The molecule has 0 aliphatic carbocycles. The quantitative estimate of drug-likeness (QED) is 0.598. The van der Waals surface area contributed by atoms with Crippen LogP contribution in [0.5, 0.6) is 5.75 Å². The van der Waals surface area contributed by atoms with Crippen molar-refractivity contribution < 1.29 is 41.7 Å². The van der Waals surface area contributed by atoms with Gasteiger partial charge in [0.05, 0.1) is 12.7 Å². The first kappa shape index (κ1) is 23.1. The number of carboxylic acids is 1. The lowest BCUT2D eigenvalue weighted by Gasteiger charge is -2.16. The lowest BCUT2D eigenvalue weighted by atomic mass is 10.0. The standard InChI is InChI=1S/C20H19F4NO5/c1-29-16-7-4-13(9-17(19(27)28)30-11-20(22,23)24)8-15(16)18(26)25-10-12-2-5-14(21)6-3-12/h2-8,17H,9-11H2,1H3,(H,25,26)(H,27,28). The van der Waals surface area contributed by atoms with Gasteiger partial charge in [-0.05, 0) is 35.4 Å². The highest BCUT2D eigenvalue weighted by Crippen LogP contribution is 2.22. The molecule has 2 rings (SSSR count).